The second-order valence-electron chi connectivity index (χ2n) is 5.52. The van der Waals surface area contributed by atoms with E-state index in [4.69, 9.17) is 5.11 Å². The highest BCUT2D eigenvalue weighted by atomic mass is 16.4. The summed E-state index contributed by atoms with van der Waals surface area (Å²) in [6.07, 6.45) is 1.98. The molecule has 0 spiro atoms. The van der Waals surface area contributed by atoms with Crippen LogP contribution < -0.4 is 5.32 Å². The van der Waals surface area contributed by atoms with E-state index >= 15 is 0 Å². The van der Waals surface area contributed by atoms with Crippen molar-refractivity contribution in [2.24, 2.45) is 5.92 Å². The molecule has 1 rings (SSSR count). The fourth-order valence-corrected chi connectivity index (χ4v) is 1.76. The zero-order valence-electron chi connectivity index (χ0n) is 11.6. The Morgan fingerprint density at radius 3 is 2.22 bits per heavy atom. The Morgan fingerprint density at radius 2 is 1.83 bits per heavy atom. The van der Waals surface area contributed by atoms with E-state index in [0.29, 0.717) is 5.92 Å². The first-order valence-corrected chi connectivity index (χ1v) is 6.60. The predicted octanol–water partition coefficient (Wildman–Crippen LogP) is 1.08. The molecule has 0 aromatic rings. The highest BCUT2D eigenvalue weighted by Gasteiger charge is 2.36. The van der Waals surface area contributed by atoms with Crippen LogP contribution in [0.3, 0.4) is 0 Å². The van der Waals surface area contributed by atoms with E-state index in [1.54, 1.807) is 11.8 Å². The average molecular weight is 256 g/mol. The van der Waals surface area contributed by atoms with Crippen LogP contribution in [-0.2, 0) is 9.59 Å². The van der Waals surface area contributed by atoms with E-state index in [-0.39, 0.29) is 24.5 Å². The summed E-state index contributed by atoms with van der Waals surface area (Å²) in [5.74, 6) is -0.581. The molecule has 0 aliphatic heterocycles. The van der Waals surface area contributed by atoms with Crippen LogP contribution >= 0.6 is 0 Å². The largest absolute Gasteiger partial charge is 0.480 e. The van der Waals surface area contributed by atoms with E-state index in [1.807, 2.05) is 20.8 Å². The number of carbonyl (C=O) groups is 2. The van der Waals surface area contributed by atoms with Gasteiger partial charge in [0.25, 0.3) is 0 Å². The standard InChI is InChI=1S/C13H24N2O3/c1-8(2)9(3)14-12(16)7-15(11-5-6-11)10(4)13(17)18/h8-11H,5-7H2,1-4H3,(H,14,16)(H,17,18). The van der Waals surface area contributed by atoms with Gasteiger partial charge in [-0.25, -0.2) is 0 Å². The molecule has 0 saturated heterocycles. The summed E-state index contributed by atoms with van der Waals surface area (Å²) in [5, 5.41) is 12.0. The minimum Gasteiger partial charge on any atom is -0.480 e. The Hall–Kier alpha value is -1.10. The number of carboxylic acids is 1. The molecule has 0 bridgehead atoms. The number of nitrogens with one attached hydrogen (secondary N) is 1. The number of carboxylic acid groups (broad SMARTS) is 1. The molecule has 0 heterocycles. The van der Waals surface area contributed by atoms with Crippen molar-refractivity contribution in [3.63, 3.8) is 0 Å². The van der Waals surface area contributed by atoms with Gasteiger partial charge in [-0.05, 0) is 32.6 Å². The summed E-state index contributed by atoms with van der Waals surface area (Å²) < 4.78 is 0. The highest BCUT2D eigenvalue weighted by molar-refractivity contribution is 5.80. The first kappa shape index (κ1) is 15.0. The van der Waals surface area contributed by atoms with E-state index < -0.39 is 12.0 Å². The summed E-state index contributed by atoms with van der Waals surface area (Å²) >= 11 is 0. The van der Waals surface area contributed by atoms with Gasteiger partial charge in [0.2, 0.25) is 5.91 Å². The molecule has 104 valence electrons. The minimum atomic E-state index is -0.869. The third-order valence-electron chi connectivity index (χ3n) is 3.59. The van der Waals surface area contributed by atoms with E-state index in [0.717, 1.165) is 12.8 Å². The number of amides is 1. The van der Waals surface area contributed by atoms with Gasteiger partial charge < -0.3 is 10.4 Å². The molecule has 2 atom stereocenters. The van der Waals surface area contributed by atoms with Crippen molar-refractivity contribution in [1.29, 1.82) is 0 Å². The minimum absolute atomic E-state index is 0.0869. The fourth-order valence-electron chi connectivity index (χ4n) is 1.76. The summed E-state index contributed by atoms with van der Waals surface area (Å²) in [7, 11) is 0. The first-order valence-electron chi connectivity index (χ1n) is 6.60. The smallest absolute Gasteiger partial charge is 0.320 e. The molecule has 1 aliphatic rings. The van der Waals surface area contributed by atoms with Gasteiger partial charge in [-0.3, -0.25) is 14.5 Å². The average Bonchev–Trinajstić information content (AvgIpc) is 3.08. The van der Waals surface area contributed by atoms with Crippen molar-refractivity contribution in [3.05, 3.63) is 0 Å². The van der Waals surface area contributed by atoms with Crippen LogP contribution in [-0.4, -0.2) is 46.6 Å². The Morgan fingerprint density at radius 1 is 1.28 bits per heavy atom. The molecule has 1 fully saturated rings. The lowest BCUT2D eigenvalue weighted by Crippen LogP contribution is -2.48. The lowest BCUT2D eigenvalue weighted by atomic mass is 10.1. The molecule has 1 aliphatic carbocycles. The Kier molecular flexibility index (Phi) is 5.14. The third-order valence-corrected chi connectivity index (χ3v) is 3.59. The second kappa shape index (κ2) is 6.18. The highest BCUT2D eigenvalue weighted by Crippen LogP contribution is 2.28. The zero-order valence-corrected chi connectivity index (χ0v) is 11.6. The van der Waals surface area contributed by atoms with Crippen molar-refractivity contribution in [2.75, 3.05) is 6.54 Å². The van der Waals surface area contributed by atoms with Gasteiger partial charge in [-0.15, -0.1) is 0 Å². The monoisotopic (exact) mass is 256 g/mol. The van der Waals surface area contributed by atoms with Gasteiger partial charge in [-0.2, -0.15) is 0 Å². The van der Waals surface area contributed by atoms with Gasteiger partial charge in [0.1, 0.15) is 6.04 Å². The number of hydrogen-bond acceptors (Lipinski definition) is 3. The van der Waals surface area contributed by atoms with Crippen LogP contribution in [0.4, 0.5) is 0 Å². The molecule has 5 nitrogen and oxygen atoms in total. The topological polar surface area (TPSA) is 69.6 Å². The maximum absolute atomic E-state index is 11.9. The number of hydrogen-bond donors (Lipinski definition) is 2. The Balaban J connectivity index is 2.51. The van der Waals surface area contributed by atoms with Crippen LogP contribution in [0, 0.1) is 5.92 Å². The molecule has 1 saturated carbocycles. The van der Waals surface area contributed by atoms with Crippen LogP contribution in [0.5, 0.6) is 0 Å². The van der Waals surface area contributed by atoms with Crippen LogP contribution in [0.2, 0.25) is 0 Å². The lowest BCUT2D eigenvalue weighted by Gasteiger charge is -2.26. The van der Waals surface area contributed by atoms with Crippen molar-refractivity contribution < 1.29 is 14.7 Å². The summed E-state index contributed by atoms with van der Waals surface area (Å²) in [5.41, 5.74) is 0. The number of rotatable bonds is 7. The SMILES string of the molecule is CC(C)C(C)NC(=O)CN(C1CC1)C(C)C(=O)O. The van der Waals surface area contributed by atoms with Gasteiger partial charge in [0.05, 0.1) is 6.54 Å². The van der Waals surface area contributed by atoms with E-state index in [1.165, 1.54) is 0 Å². The predicted molar refractivity (Wildman–Crippen MR) is 69.3 cm³/mol. The molecular weight excluding hydrogens is 232 g/mol. The molecule has 5 heteroatoms. The molecule has 0 aromatic carbocycles. The Labute approximate surface area is 109 Å². The van der Waals surface area contributed by atoms with Crippen molar-refractivity contribution in [1.82, 2.24) is 10.2 Å². The molecular formula is C13H24N2O3. The first-order chi connectivity index (χ1) is 8.32. The summed E-state index contributed by atoms with van der Waals surface area (Å²) in [6, 6.07) is -0.229. The van der Waals surface area contributed by atoms with Crippen LogP contribution in [0.15, 0.2) is 0 Å². The Bertz CT molecular complexity index is 313. The van der Waals surface area contributed by atoms with Crippen molar-refractivity contribution in [2.45, 2.75) is 58.7 Å². The molecule has 0 aromatic heterocycles. The van der Waals surface area contributed by atoms with Gasteiger partial charge in [0, 0.05) is 12.1 Å². The normalized spacial score (nSPS) is 18.8. The number of aliphatic carboxylic acids is 1. The van der Waals surface area contributed by atoms with E-state index in [2.05, 4.69) is 5.32 Å². The van der Waals surface area contributed by atoms with Gasteiger partial charge in [-0.1, -0.05) is 13.8 Å². The lowest BCUT2D eigenvalue weighted by molar-refractivity contribution is -0.143. The van der Waals surface area contributed by atoms with Crippen LogP contribution in [0.25, 0.3) is 0 Å². The summed E-state index contributed by atoms with van der Waals surface area (Å²) in [4.78, 5) is 24.7. The van der Waals surface area contributed by atoms with Gasteiger partial charge >= 0.3 is 5.97 Å². The van der Waals surface area contributed by atoms with Gasteiger partial charge in [0.15, 0.2) is 0 Å². The van der Waals surface area contributed by atoms with Crippen LogP contribution in [0.1, 0.15) is 40.5 Å². The summed E-state index contributed by atoms with van der Waals surface area (Å²) in [6.45, 7) is 7.87. The third kappa shape index (κ3) is 4.29. The molecule has 0 radical (unpaired) electrons. The fraction of sp³-hybridized carbons (Fsp3) is 0.846. The van der Waals surface area contributed by atoms with E-state index in [9.17, 15) is 9.59 Å². The van der Waals surface area contributed by atoms with Crippen molar-refractivity contribution in [3.8, 4) is 0 Å². The maximum atomic E-state index is 11.9. The maximum Gasteiger partial charge on any atom is 0.320 e. The molecule has 2 N–H and O–H groups in total. The number of carbonyl (C=O) groups excluding carboxylic acids is 1. The number of nitrogens with zero attached hydrogens (tertiary/aromatic N) is 1. The van der Waals surface area contributed by atoms with Crippen molar-refractivity contribution >= 4 is 11.9 Å². The molecule has 1 amide bonds. The molecule has 2 unspecified atom stereocenters. The molecule has 18 heavy (non-hydrogen) atoms. The zero-order chi connectivity index (χ0) is 13.9. The quantitative estimate of drug-likeness (QED) is 0.715. The second-order valence-corrected chi connectivity index (χ2v) is 5.52.